The molecule has 1 saturated heterocycles. The Bertz CT molecular complexity index is 404. The molecule has 1 aromatic heterocycles. The summed E-state index contributed by atoms with van der Waals surface area (Å²) in [6.07, 6.45) is -2.41. The van der Waals surface area contributed by atoms with Crippen LogP contribution in [0.25, 0.3) is 0 Å². The number of nitrogens with one attached hydrogen (secondary N) is 1. The summed E-state index contributed by atoms with van der Waals surface area (Å²) < 4.78 is 36.7. The fraction of sp³-hybridized carbons (Fsp3) is 0.700. The molecule has 1 aliphatic rings. The van der Waals surface area contributed by atoms with Gasteiger partial charge in [-0.1, -0.05) is 0 Å². The molecular weight excluding hydrogens is 249 g/mol. The summed E-state index contributed by atoms with van der Waals surface area (Å²) in [6.45, 7) is 0.334. The lowest BCUT2D eigenvalue weighted by molar-refractivity contribution is -0.164. The second-order valence-electron chi connectivity index (χ2n) is 4.26. The van der Waals surface area contributed by atoms with Crippen molar-refractivity contribution in [2.75, 3.05) is 6.54 Å². The Labute approximate surface area is 101 Å². The van der Waals surface area contributed by atoms with Gasteiger partial charge in [0.1, 0.15) is 18.6 Å². The normalized spacial score (nSPS) is 21.1. The van der Waals surface area contributed by atoms with Crippen LogP contribution in [0.3, 0.4) is 0 Å². The molecule has 8 heteroatoms. The van der Waals surface area contributed by atoms with E-state index in [1.54, 1.807) is 0 Å². The van der Waals surface area contributed by atoms with Gasteiger partial charge in [0.2, 0.25) is 5.91 Å². The lowest BCUT2D eigenvalue weighted by Crippen LogP contribution is -2.40. The Hall–Kier alpha value is -1.60. The molecule has 0 spiro atoms. The van der Waals surface area contributed by atoms with Crippen molar-refractivity contribution in [2.45, 2.75) is 37.9 Å². The Morgan fingerprint density at radius 2 is 2.28 bits per heavy atom. The second-order valence-corrected chi connectivity index (χ2v) is 4.26. The second kappa shape index (κ2) is 4.95. The molecular formula is C10H13F3N4O. The molecule has 1 unspecified atom stereocenters. The van der Waals surface area contributed by atoms with Gasteiger partial charge in [-0.15, -0.1) is 0 Å². The minimum absolute atomic E-state index is 0.334. The first-order chi connectivity index (χ1) is 8.47. The van der Waals surface area contributed by atoms with E-state index >= 15 is 0 Å². The number of halogens is 3. The van der Waals surface area contributed by atoms with Gasteiger partial charge < -0.3 is 4.90 Å². The maximum absolute atomic E-state index is 12.2. The van der Waals surface area contributed by atoms with Crippen LogP contribution < -0.4 is 0 Å². The molecule has 5 nitrogen and oxygen atoms in total. The van der Waals surface area contributed by atoms with Crippen molar-refractivity contribution in [3.8, 4) is 0 Å². The zero-order valence-corrected chi connectivity index (χ0v) is 9.57. The number of H-pyrrole nitrogens is 1. The van der Waals surface area contributed by atoms with E-state index < -0.39 is 24.5 Å². The van der Waals surface area contributed by atoms with Crippen molar-refractivity contribution >= 4 is 5.91 Å². The SMILES string of the molecule is O=C(CC(F)(F)F)N1CCCCC1c1ncn[nH]1. The maximum atomic E-state index is 12.2. The van der Waals surface area contributed by atoms with Crippen molar-refractivity contribution in [3.63, 3.8) is 0 Å². The predicted molar refractivity (Wildman–Crippen MR) is 55.4 cm³/mol. The number of carbonyl (C=O) groups is 1. The molecule has 0 aliphatic carbocycles. The number of amides is 1. The van der Waals surface area contributed by atoms with Gasteiger partial charge in [-0.3, -0.25) is 9.89 Å². The minimum atomic E-state index is -4.47. The third-order valence-electron chi connectivity index (χ3n) is 2.92. The number of aromatic nitrogens is 3. The Morgan fingerprint density at radius 1 is 1.50 bits per heavy atom. The van der Waals surface area contributed by atoms with Crippen molar-refractivity contribution < 1.29 is 18.0 Å². The number of carbonyl (C=O) groups excluding carboxylic acids is 1. The fourth-order valence-corrected chi connectivity index (χ4v) is 2.16. The van der Waals surface area contributed by atoms with Crippen LogP contribution in [0.1, 0.15) is 37.5 Å². The zero-order chi connectivity index (χ0) is 13.2. The molecule has 2 rings (SSSR count). The molecule has 0 radical (unpaired) electrons. The number of aromatic amines is 1. The van der Waals surface area contributed by atoms with E-state index in [-0.39, 0.29) is 0 Å². The maximum Gasteiger partial charge on any atom is 0.397 e. The van der Waals surface area contributed by atoms with Gasteiger partial charge in [0.05, 0.1) is 6.04 Å². The average Bonchev–Trinajstić information content (AvgIpc) is 2.80. The molecule has 1 N–H and O–H groups in total. The van der Waals surface area contributed by atoms with Gasteiger partial charge in [0.25, 0.3) is 0 Å². The number of likely N-dealkylation sites (tertiary alicyclic amines) is 1. The average molecular weight is 262 g/mol. The molecule has 100 valence electrons. The van der Waals surface area contributed by atoms with Gasteiger partial charge in [-0.25, -0.2) is 4.98 Å². The molecule has 1 fully saturated rings. The lowest BCUT2D eigenvalue weighted by atomic mass is 10.0. The van der Waals surface area contributed by atoms with Crippen LogP contribution in [-0.2, 0) is 4.79 Å². The van der Waals surface area contributed by atoms with Crippen molar-refractivity contribution in [3.05, 3.63) is 12.2 Å². The van der Waals surface area contributed by atoms with Gasteiger partial charge in [0, 0.05) is 6.54 Å². The fourth-order valence-electron chi connectivity index (χ4n) is 2.16. The third kappa shape index (κ3) is 2.99. The summed E-state index contributed by atoms with van der Waals surface area (Å²) in [6, 6.07) is -0.420. The first-order valence-corrected chi connectivity index (χ1v) is 5.69. The van der Waals surface area contributed by atoms with Gasteiger partial charge in [-0.05, 0) is 19.3 Å². The van der Waals surface area contributed by atoms with E-state index in [0.29, 0.717) is 25.2 Å². The number of piperidine rings is 1. The van der Waals surface area contributed by atoms with E-state index in [1.165, 1.54) is 11.2 Å². The summed E-state index contributed by atoms with van der Waals surface area (Å²) in [4.78, 5) is 16.8. The smallest absolute Gasteiger partial charge is 0.332 e. The first kappa shape index (κ1) is 12.8. The molecule has 0 bridgehead atoms. The van der Waals surface area contributed by atoms with Crippen molar-refractivity contribution in [1.29, 1.82) is 0 Å². The summed E-state index contributed by atoms with van der Waals surface area (Å²) in [5, 5.41) is 6.29. The van der Waals surface area contributed by atoms with Crippen LogP contribution in [0.2, 0.25) is 0 Å². The molecule has 2 heterocycles. The van der Waals surface area contributed by atoms with Gasteiger partial charge in [0.15, 0.2) is 0 Å². The number of alkyl halides is 3. The first-order valence-electron chi connectivity index (χ1n) is 5.69. The van der Waals surface area contributed by atoms with E-state index in [1.807, 2.05) is 0 Å². The zero-order valence-electron chi connectivity index (χ0n) is 9.57. The number of hydrogen-bond acceptors (Lipinski definition) is 3. The molecule has 1 aromatic rings. The largest absolute Gasteiger partial charge is 0.397 e. The lowest BCUT2D eigenvalue weighted by Gasteiger charge is -2.34. The van der Waals surface area contributed by atoms with Gasteiger partial charge in [-0.2, -0.15) is 18.3 Å². The summed E-state index contributed by atoms with van der Waals surface area (Å²) >= 11 is 0. The Morgan fingerprint density at radius 3 is 2.89 bits per heavy atom. The molecule has 1 atom stereocenters. The predicted octanol–water partition coefficient (Wildman–Crippen LogP) is 1.81. The van der Waals surface area contributed by atoms with Crippen molar-refractivity contribution in [1.82, 2.24) is 20.1 Å². The van der Waals surface area contributed by atoms with E-state index in [9.17, 15) is 18.0 Å². The summed E-state index contributed by atoms with van der Waals surface area (Å²) in [5.41, 5.74) is 0. The molecule has 1 amide bonds. The van der Waals surface area contributed by atoms with Crippen molar-refractivity contribution in [2.24, 2.45) is 0 Å². The van der Waals surface area contributed by atoms with E-state index in [4.69, 9.17) is 0 Å². The van der Waals surface area contributed by atoms with Crippen LogP contribution >= 0.6 is 0 Å². The Balaban J connectivity index is 2.11. The summed E-state index contributed by atoms with van der Waals surface area (Å²) in [7, 11) is 0. The molecule has 0 aromatic carbocycles. The quantitative estimate of drug-likeness (QED) is 0.884. The van der Waals surface area contributed by atoms with Crippen LogP contribution in [0, 0.1) is 0 Å². The summed E-state index contributed by atoms with van der Waals surface area (Å²) in [5.74, 6) is -0.450. The highest BCUT2D eigenvalue weighted by molar-refractivity contribution is 5.77. The van der Waals surface area contributed by atoms with Gasteiger partial charge >= 0.3 is 6.18 Å². The van der Waals surface area contributed by atoms with Crippen LogP contribution in [-0.4, -0.2) is 38.7 Å². The van der Waals surface area contributed by atoms with Crippen LogP contribution in [0.4, 0.5) is 13.2 Å². The highest BCUT2D eigenvalue weighted by Gasteiger charge is 2.37. The number of nitrogens with zero attached hydrogens (tertiary/aromatic N) is 3. The monoisotopic (exact) mass is 262 g/mol. The molecule has 18 heavy (non-hydrogen) atoms. The molecule has 0 saturated carbocycles. The molecule has 1 aliphatic heterocycles. The standard InChI is InChI=1S/C10H13F3N4O/c11-10(12,13)5-8(18)17-4-2-1-3-7(17)9-14-6-15-16-9/h6-7H,1-5H2,(H,14,15,16). The van der Waals surface area contributed by atoms with Crippen LogP contribution in [0.5, 0.6) is 0 Å². The minimum Gasteiger partial charge on any atom is -0.332 e. The number of rotatable bonds is 2. The highest BCUT2D eigenvalue weighted by Crippen LogP contribution is 2.31. The van der Waals surface area contributed by atoms with E-state index in [2.05, 4.69) is 15.2 Å². The van der Waals surface area contributed by atoms with Crippen LogP contribution in [0.15, 0.2) is 6.33 Å². The Kier molecular flexibility index (Phi) is 3.53. The third-order valence-corrected chi connectivity index (χ3v) is 2.92. The van der Waals surface area contributed by atoms with E-state index in [0.717, 1.165) is 6.42 Å². The number of hydrogen-bond donors (Lipinski definition) is 1. The highest BCUT2D eigenvalue weighted by atomic mass is 19.4. The topological polar surface area (TPSA) is 61.9 Å².